The third kappa shape index (κ3) is 9.04. The van der Waals surface area contributed by atoms with Gasteiger partial charge in [0.1, 0.15) is 5.75 Å². The number of nitrogens with zero attached hydrogens (tertiary/aromatic N) is 2. The van der Waals surface area contributed by atoms with Gasteiger partial charge in [-0.3, -0.25) is 0 Å². The second-order valence-corrected chi connectivity index (χ2v) is 10.4. The number of esters is 1. The summed E-state index contributed by atoms with van der Waals surface area (Å²) in [6.07, 6.45) is 16.1. The zero-order valence-electron chi connectivity index (χ0n) is 23.3. The van der Waals surface area contributed by atoms with Crippen molar-refractivity contribution in [1.82, 2.24) is 9.97 Å². The summed E-state index contributed by atoms with van der Waals surface area (Å²) in [7, 11) is 0. The average Bonchev–Trinajstić information content (AvgIpc) is 2.93. The van der Waals surface area contributed by atoms with Crippen molar-refractivity contribution in [1.29, 1.82) is 0 Å². The van der Waals surface area contributed by atoms with Crippen molar-refractivity contribution in [2.75, 3.05) is 0 Å². The first-order chi connectivity index (χ1) is 18.4. The van der Waals surface area contributed by atoms with Gasteiger partial charge in [0, 0.05) is 18.0 Å². The number of hydrogen-bond donors (Lipinski definition) is 0. The van der Waals surface area contributed by atoms with Gasteiger partial charge in [0.05, 0.1) is 0 Å². The van der Waals surface area contributed by atoms with Crippen molar-refractivity contribution in [3.8, 4) is 28.3 Å². The predicted molar refractivity (Wildman–Crippen MR) is 154 cm³/mol. The van der Waals surface area contributed by atoms with Gasteiger partial charge in [0.2, 0.25) is 5.67 Å². The molecule has 5 heteroatoms. The minimum absolute atomic E-state index is 0.183. The number of rotatable bonds is 16. The van der Waals surface area contributed by atoms with Crippen LogP contribution in [0, 0.1) is 0 Å². The summed E-state index contributed by atoms with van der Waals surface area (Å²) in [5, 5.41) is 0. The Morgan fingerprint density at radius 1 is 0.789 bits per heavy atom. The van der Waals surface area contributed by atoms with Crippen LogP contribution in [-0.4, -0.2) is 21.6 Å². The number of unbranched alkanes of at least 4 members (excludes halogenated alkanes) is 8. The van der Waals surface area contributed by atoms with E-state index in [1.165, 1.54) is 45.4 Å². The topological polar surface area (TPSA) is 52.1 Å². The second-order valence-electron chi connectivity index (χ2n) is 10.4. The maximum Gasteiger partial charge on any atom is 0.348 e. The number of benzene rings is 2. The minimum atomic E-state index is -1.99. The summed E-state index contributed by atoms with van der Waals surface area (Å²) < 4.78 is 20.4. The van der Waals surface area contributed by atoms with Crippen molar-refractivity contribution in [3.63, 3.8) is 0 Å². The third-order valence-electron chi connectivity index (χ3n) is 6.99. The molecule has 0 bridgehead atoms. The fourth-order valence-electron chi connectivity index (χ4n) is 4.56. The Kier molecular flexibility index (Phi) is 11.9. The van der Waals surface area contributed by atoms with Gasteiger partial charge in [0.25, 0.3) is 0 Å². The van der Waals surface area contributed by atoms with Crippen LogP contribution in [0.25, 0.3) is 22.5 Å². The van der Waals surface area contributed by atoms with Crippen LogP contribution in [0.4, 0.5) is 4.39 Å². The van der Waals surface area contributed by atoms with E-state index in [0.29, 0.717) is 18.0 Å². The van der Waals surface area contributed by atoms with Gasteiger partial charge in [0.15, 0.2) is 5.82 Å². The van der Waals surface area contributed by atoms with Gasteiger partial charge in [-0.15, -0.1) is 0 Å². The predicted octanol–water partition coefficient (Wildman–Crippen LogP) is 9.32. The number of aryl methyl sites for hydroxylation is 1. The summed E-state index contributed by atoms with van der Waals surface area (Å²) in [6.45, 7) is 5.71. The molecule has 1 unspecified atom stereocenters. The molecule has 38 heavy (non-hydrogen) atoms. The van der Waals surface area contributed by atoms with E-state index in [0.717, 1.165) is 47.9 Å². The van der Waals surface area contributed by atoms with Crippen LogP contribution in [0.15, 0.2) is 60.9 Å². The largest absolute Gasteiger partial charge is 0.424 e. The fourth-order valence-corrected chi connectivity index (χ4v) is 4.56. The van der Waals surface area contributed by atoms with Crippen LogP contribution in [0.3, 0.4) is 0 Å². The van der Waals surface area contributed by atoms with E-state index in [1.807, 2.05) is 48.8 Å². The number of alkyl halides is 1. The van der Waals surface area contributed by atoms with E-state index in [2.05, 4.69) is 23.8 Å². The lowest BCUT2D eigenvalue weighted by Crippen LogP contribution is -2.34. The monoisotopic (exact) mass is 518 g/mol. The molecule has 1 aromatic heterocycles. The highest BCUT2D eigenvalue weighted by atomic mass is 19.1. The molecule has 1 atom stereocenters. The molecule has 0 amide bonds. The van der Waals surface area contributed by atoms with Crippen molar-refractivity contribution in [3.05, 3.63) is 66.5 Å². The zero-order valence-corrected chi connectivity index (χ0v) is 23.3. The third-order valence-corrected chi connectivity index (χ3v) is 6.99. The molecular weight excluding hydrogens is 475 g/mol. The van der Waals surface area contributed by atoms with E-state index in [9.17, 15) is 4.79 Å². The first-order valence-corrected chi connectivity index (χ1v) is 14.4. The van der Waals surface area contributed by atoms with E-state index in [1.54, 1.807) is 12.1 Å². The smallest absolute Gasteiger partial charge is 0.348 e. The molecule has 0 saturated carbocycles. The Hall–Kier alpha value is -3.08. The normalized spacial score (nSPS) is 12.7. The Labute approximate surface area is 228 Å². The van der Waals surface area contributed by atoms with Crippen LogP contribution in [0.2, 0.25) is 0 Å². The highest BCUT2D eigenvalue weighted by molar-refractivity contribution is 5.82. The molecule has 3 rings (SSSR count). The highest BCUT2D eigenvalue weighted by Gasteiger charge is 2.34. The first-order valence-electron chi connectivity index (χ1n) is 14.4. The van der Waals surface area contributed by atoms with Crippen molar-refractivity contribution in [2.45, 2.75) is 103 Å². The van der Waals surface area contributed by atoms with Crippen molar-refractivity contribution in [2.24, 2.45) is 0 Å². The maximum absolute atomic E-state index is 15.0. The van der Waals surface area contributed by atoms with Gasteiger partial charge >= 0.3 is 5.97 Å². The summed E-state index contributed by atoms with van der Waals surface area (Å²) in [5.41, 5.74) is 2.02. The van der Waals surface area contributed by atoms with E-state index < -0.39 is 11.6 Å². The molecule has 0 N–H and O–H groups in total. The molecule has 1 heterocycles. The average molecular weight is 519 g/mol. The van der Waals surface area contributed by atoms with Crippen LogP contribution in [0.1, 0.15) is 97.0 Å². The van der Waals surface area contributed by atoms with Gasteiger partial charge in [-0.05, 0) is 61.4 Å². The molecule has 0 aliphatic rings. The Bertz CT molecular complexity index is 1110. The Morgan fingerprint density at radius 2 is 1.37 bits per heavy atom. The highest BCUT2D eigenvalue weighted by Crippen LogP contribution is 2.32. The summed E-state index contributed by atoms with van der Waals surface area (Å²) in [5.74, 6) is 0.185. The summed E-state index contributed by atoms with van der Waals surface area (Å²) in [4.78, 5) is 21.8. The molecule has 0 aliphatic carbocycles. The zero-order chi connectivity index (χ0) is 27.2. The van der Waals surface area contributed by atoms with Crippen LogP contribution in [-0.2, 0) is 11.2 Å². The number of ether oxygens (including phenoxy) is 1. The Morgan fingerprint density at radius 3 is 2.03 bits per heavy atom. The molecular formula is C33H43FN2O2. The van der Waals surface area contributed by atoms with Gasteiger partial charge < -0.3 is 4.74 Å². The molecule has 0 saturated heterocycles. The second kappa shape index (κ2) is 15.4. The molecule has 0 radical (unpaired) electrons. The minimum Gasteiger partial charge on any atom is -0.424 e. The lowest BCUT2D eigenvalue weighted by Gasteiger charge is -2.18. The van der Waals surface area contributed by atoms with Crippen molar-refractivity contribution >= 4 is 5.97 Å². The lowest BCUT2D eigenvalue weighted by molar-refractivity contribution is -0.147. The van der Waals surface area contributed by atoms with Crippen LogP contribution >= 0.6 is 0 Å². The van der Waals surface area contributed by atoms with E-state index >= 15 is 4.39 Å². The van der Waals surface area contributed by atoms with Crippen LogP contribution < -0.4 is 4.74 Å². The first kappa shape index (κ1) is 29.5. The van der Waals surface area contributed by atoms with E-state index in [-0.39, 0.29) is 6.42 Å². The van der Waals surface area contributed by atoms with Crippen LogP contribution in [0.5, 0.6) is 5.75 Å². The fraction of sp³-hybridized carbons (Fsp3) is 0.485. The number of aromatic nitrogens is 2. The molecule has 0 fully saturated rings. The Balaban J connectivity index is 1.60. The maximum atomic E-state index is 15.0. The number of halogens is 1. The van der Waals surface area contributed by atoms with Gasteiger partial charge in [-0.2, -0.15) is 0 Å². The lowest BCUT2D eigenvalue weighted by atomic mass is 9.98. The molecule has 204 valence electrons. The number of carbonyl (C=O) groups excluding carboxylic acids is 1. The van der Waals surface area contributed by atoms with E-state index in [4.69, 9.17) is 4.74 Å². The molecule has 2 aromatic carbocycles. The molecule has 0 spiro atoms. The standard InChI is InChI=1S/C33H43FN2O2/c1-4-6-8-9-10-11-15-23-33(3,34)32(37)38-28-21-19-27(20-22-28)29-17-13-14-18-30(29)31-35-24-26(25-36-31)16-12-7-5-2/h13-14,17-22,24-25H,4-12,15-16,23H2,1-3H3. The SMILES string of the molecule is CCCCCCCCCC(C)(F)C(=O)Oc1ccc(-c2ccccc2-c2ncc(CCCCC)cn2)cc1. The number of hydrogen-bond acceptors (Lipinski definition) is 4. The van der Waals surface area contributed by atoms with Crippen molar-refractivity contribution < 1.29 is 13.9 Å². The number of carbonyl (C=O) groups is 1. The molecule has 4 nitrogen and oxygen atoms in total. The molecule has 3 aromatic rings. The van der Waals surface area contributed by atoms with Gasteiger partial charge in [-0.1, -0.05) is 102 Å². The molecule has 0 aliphatic heterocycles. The quantitative estimate of drug-likeness (QED) is 0.108. The summed E-state index contributed by atoms with van der Waals surface area (Å²) >= 11 is 0. The summed E-state index contributed by atoms with van der Waals surface area (Å²) in [6, 6.07) is 15.2. The van der Waals surface area contributed by atoms with Gasteiger partial charge in [-0.25, -0.2) is 19.2 Å².